The van der Waals surface area contributed by atoms with Gasteiger partial charge in [-0.05, 0) is 6.92 Å². The molecule has 2 heterocycles. The van der Waals surface area contributed by atoms with Crippen LogP contribution < -0.4 is 10.6 Å². The fourth-order valence-corrected chi connectivity index (χ4v) is 1.74. The Hall–Kier alpha value is -2.03. The van der Waals surface area contributed by atoms with Gasteiger partial charge in [0, 0.05) is 13.5 Å². The number of amides is 1. The topological polar surface area (TPSA) is 106 Å². The van der Waals surface area contributed by atoms with Crippen molar-refractivity contribution < 1.29 is 9.21 Å². The molecule has 0 aromatic carbocycles. The number of hydrogen-bond donors (Lipinski definition) is 2. The van der Waals surface area contributed by atoms with Gasteiger partial charge in [0.05, 0.1) is 0 Å². The predicted octanol–water partition coefficient (Wildman–Crippen LogP) is 0.914. The summed E-state index contributed by atoms with van der Waals surface area (Å²) in [7, 11) is 0. The summed E-state index contributed by atoms with van der Waals surface area (Å²) in [6.07, 6.45) is 0. The number of hydrogen-bond acceptors (Lipinski definition) is 8. The van der Waals surface area contributed by atoms with Crippen LogP contribution in [0.4, 0.5) is 11.1 Å². The lowest BCUT2D eigenvalue weighted by Crippen LogP contribution is -2.11. The van der Waals surface area contributed by atoms with Crippen molar-refractivity contribution in [2.45, 2.75) is 13.8 Å². The lowest BCUT2D eigenvalue weighted by molar-refractivity contribution is 0.102. The number of aromatic nitrogens is 4. The number of carbonyl (C=O) groups excluding carboxylic acids is 1. The molecule has 0 aliphatic rings. The Balaban J connectivity index is 2.03. The molecule has 2 aromatic heterocycles. The average Bonchev–Trinajstić information content (AvgIpc) is 2.88. The molecule has 1 amide bonds. The first-order chi connectivity index (χ1) is 8.19. The molecule has 0 saturated carbocycles. The predicted molar refractivity (Wildman–Crippen MR) is 61.1 cm³/mol. The lowest BCUT2D eigenvalue weighted by Gasteiger charge is -1.94. The number of anilines is 2. The van der Waals surface area contributed by atoms with Crippen molar-refractivity contribution >= 4 is 28.4 Å². The van der Waals surface area contributed by atoms with Gasteiger partial charge >= 0.3 is 6.01 Å². The molecule has 0 aliphatic carbocycles. The molecule has 8 nitrogen and oxygen atoms in total. The number of aryl methyl sites for hydroxylation is 1. The zero-order valence-corrected chi connectivity index (χ0v) is 10.0. The number of carbonyl (C=O) groups is 1. The van der Waals surface area contributed by atoms with E-state index in [1.54, 1.807) is 6.92 Å². The van der Waals surface area contributed by atoms with E-state index in [4.69, 9.17) is 4.42 Å². The van der Waals surface area contributed by atoms with Crippen LogP contribution in [-0.2, 0) is 0 Å². The fraction of sp³-hybridized carbons (Fsp3) is 0.375. The van der Waals surface area contributed by atoms with Crippen molar-refractivity contribution in [1.82, 2.24) is 20.4 Å². The maximum Gasteiger partial charge on any atom is 0.322 e. The molecule has 2 N–H and O–H groups in total. The minimum atomic E-state index is -0.421. The molecule has 0 aliphatic heterocycles. The van der Waals surface area contributed by atoms with E-state index in [0.29, 0.717) is 11.0 Å². The van der Waals surface area contributed by atoms with Crippen molar-refractivity contribution in [2.24, 2.45) is 0 Å². The van der Waals surface area contributed by atoms with Gasteiger partial charge in [-0.25, -0.2) is 0 Å². The zero-order chi connectivity index (χ0) is 12.3. The second-order valence-corrected chi connectivity index (χ2v) is 4.00. The molecule has 17 heavy (non-hydrogen) atoms. The molecule has 9 heteroatoms. The maximum absolute atomic E-state index is 11.7. The Labute approximate surface area is 100 Å². The molecule has 0 saturated heterocycles. The molecule has 2 aromatic rings. The summed E-state index contributed by atoms with van der Waals surface area (Å²) >= 11 is 1.16. The summed E-state index contributed by atoms with van der Waals surface area (Å²) in [5, 5.41) is 21.0. The number of nitrogens with one attached hydrogen (secondary N) is 2. The van der Waals surface area contributed by atoms with Gasteiger partial charge < -0.3 is 9.73 Å². The van der Waals surface area contributed by atoms with Gasteiger partial charge in [0.25, 0.3) is 5.91 Å². The monoisotopic (exact) mass is 254 g/mol. The smallest absolute Gasteiger partial charge is 0.322 e. The van der Waals surface area contributed by atoms with Gasteiger partial charge in [0.15, 0.2) is 0 Å². The molecule has 0 spiro atoms. The molecule has 0 atom stereocenters. The third-order valence-electron chi connectivity index (χ3n) is 1.69. The third kappa shape index (κ3) is 2.75. The van der Waals surface area contributed by atoms with Crippen LogP contribution in [-0.4, -0.2) is 32.8 Å². The van der Waals surface area contributed by atoms with E-state index < -0.39 is 5.91 Å². The first-order valence-electron chi connectivity index (χ1n) is 4.88. The summed E-state index contributed by atoms with van der Waals surface area (Å²) in [4.78, 5) is 11.7. The third-order valence-corrected chi connectivity index (χ3v) is 2.57. The summed E-state index contributed by atoms with van der Waals surface area (Å²) in [6, 6.07) is 0.0488. The fourth-order valence-electron chi connectivity index (χ4n) is 1.04. The Bertz CT molecular complexity index is 522. The van der Waals surface area contributed by atoms with E-state index >= 15 is 0 Å². The number of rotatable bonds is 4. The molecule has 2 rings (SSSR count). The zero-order valence-electron chi connectivity index (χ0n) is 9.22. The van der Waals surface area contributed by atoms with E-state index in [1.807, 2.05) is 6.92 Å². The molecular formula is C8H10N6O2S. The van der Waals surface area contributed by atoms with E-state index in [-0.39, 0.29) is 11.0 Å². The summed E-state index contributed by atoms with van der Waals surface area (Å²) in [5.74, 6) is -0.0406. The van der Waals surface area contributed by atoms with Crippen LogP contribution in [0.2, 0.25) is 0 Å². The standard InChI is InChI=1S/C8H10N6O2S/c1-3-9-8-14-12-6(17-8)5(15)10-7-13-11-4(2)16-7/h3H2,1-2H3,(H,9,14)(H,10,13,15). The van der Waals surface area contributed by atoms with E-state index in [1.165, 1.54) is 0 Å². The van der Waals surface area contributed by atoms with E-state index in [9.17, 15) is 4.79 Å². The van der Waals surface area contributed by atoms with Crippen LogP contribution in [0.25, 0.3) is 0 Å². The summed E-state index contributed by atoms with van der Waals surface area (Å²) < 4.78 is 5.02. The highest BCUT2D eigenvalue weighted by Gasteiger charge is 2.15. The van der Waals surface area contributed by atoms with Gasteiger partial charge in [-0.3, -0.25) is 10.1 Å². The Morgan fingerprint density at radius 1 is 1.35 bits per heavy atom. The average molecular weight is 254 g/mol. The second kappa shape index (κ2) is 4.87. The summed E-state index contributed by atoms with van der Waals surface area (Å²) in [5.41, 5.74) is 0. The van der Waals surface area contributed by atoms with Crippen LogP contribution in [0.15, 0.2) is 4.42 Å². The van der Waals surface area contributed by atoms with Crippen LogP contribution in [0.3, 0.4) is 0 Å². The van der Waals surface area contributed by atoms with Gasteiger partial charge in [-0.15, -0.1) is 15.3 Å². The Kier molecular flexibility index (Phi) is 3.28. The highest BCUT2D eigenvalue weighted by atomic mass is 32.1. The van der Waals surface area contributed by atoms with Crippen LogP contribution >= 0.6 is 11.3 Å². The van der Waals surface area contributed by atoms with Gasteiger partial charge in [0.2, 0.25) is 16.0 Å². The van der Waals surface area contributed by atoms with Crippen molar-refractivity contribution in [2.75, 3.05) is 17.2 Å². The molecule has 90 valence electrons. The lowest BCUT2D eigenvalue weighted by atomic mass is 10.6. The molecule has 0 bridgehead atoms. The minimum Gasteiger partial charge on any atom is -0.408 e. The molecular weight excluding hydrogens is 244 g/mol. The first kappa shape index (κ1) is 11.5. The van der Waals surface area contributed by atoms with Crippen molar-refractivity contribution in [3.8, 4) is 0 Å². The Morgan fingerprint density at radius 2 is 2.18 bits per heavy atom. The van der Waals surface area contributed by atoms with Gasteiger partial charge in [-0.1, -0.05) is 16.4 Å². The molecule has 0 fully saturated rings. The molecule has 0 radical (unpaired) electrons. The van der Waals surface area contributed by atoms with Crippen LogP contribution in [0.1, 0.15) is 22.6 Å². The quantitative estimate of drug-likeness (QED) is 0.835. The summed E-state index contributed by atoms with van der Waals surface area (Å²) in [6.45, 7) is 4.29. The number of nitrogens with zero attached hydrogens (tertiary/aromatic N) is 4. The van der Waals surface area contributed by atoms with Gasteiger partial charge in [-0.2, -0.15) is 0 Å². The first-order valence-corrected chi connectivity index (χ1v) is 5.69. The highest BCUT2D eigenvalue weighted by molar-refractivity contribution is 7.17. The van der Waals surface area contributed by atoms with E-state index in [0.717, 1.165) is 17.9 Å². The Morgan fingerprint density at radius 3 is 2.82 bits per heavy atom. The van der Waals surface area contributed by atoms with Crippen LogP contribution in [0, 0.1) is 6.92 Å². The molecule has 0 unspecified atom stereocenters. The minimum absolute atomic E-state index is 0.0488. The highest BCUT2D eigenvalue weighted by Crippen LogP contribution is 2.16. The second-order valence-electron chi connectivity index (χ2n) is 3.02. The SMILES string of the molecule is CCNc1nnc(C(=O)Nc2nnc(C)o2)s1. The van der Waals surface area contributed by atoms with Gasteiger partial charge in [0.1, 0.15) is 0 Å². The maximum atomic E-state index is 11.7. The largest absolute Gasteiger partial charge is 0.408 e. The van der Waals surface area contributed by atoms with Crippen molar-refractivity contribution in [1.29, 1.82) is 0 Å². The van der Waals surface area contributed by atoms with Crippen molar-refractivity contribution in [3.63, 3.8) is 0 Å². The van der Waals surface area contributed by atoms with Crippen molar-refractivity contribution in [3.05, 3.63) is 10.9 Å². The van der Waals surface area contributed by atoms with E-state index in [2.05, 4.69) is 31.0 Å². The van der Waals surface area contributed by atoms with Crippen LogP contribution in [0.5, 0.6) is 0 Å². The normalized spacial score (nSPS) is 10.2.